The van der Waals surface area contributed by atoms with E-state index >= 15 is 0 Å². The number of ether oxygens (including phenoxy) is 1. The summed E-state index contributed by atoms with van der Waals surface area (Å²) < 4.78 is 6.30. The van der Waals surface area contributed by atoms with Gasteiger partial charge >= 0.3 is 0 Å². The van der Waals surface area contributed by atoms with Crippen molar-refractivity contribution < 1.29 is 9.53 Å². The van der Waals surface area contributed by atoms with Gasteiger partial charge in [0.1, 0.15) is 11.9 Å². The molecule has 31 heavy (non-hydrogen) atoms. The van der Waals surface area contributed by atoms with E-state index in [2.05, 4.69) is 29.4 Å². The van der Waals surface area contributed by atoms with Crippen LogP contribution >= 0.6 is 0 Å². The first-order valence-electron chi connectivity index (χ1n) is 11.1. The highest BCUT2D eigenvalue weighted by molar-refractivity contribution is 6.04. The molecule has 0 aromatic heterocycles. The van der Waals surface area contributed by atoms with Crippen molar-refractivity contribution >= 4 is 11.6 Å². The first-order valence-corrected chi connectivity index (χ1v) is 11.1. The minimum absolute atomic E-state index is 0.117. The van der Waals surface area contributed by atoms with Gasteiger partial charge in [0.05, 0.1) is 0 Å². The molecule has 2 saturated heterocycles. The van der Waals surface area contributed by atoms with Crippen LogP contribution in [0.2, 0.25) is 0 Å². The number of piperidine rings is 1. The molecule has 2 fully saturated rings. The third kappa shape index (κ3) is 4.35. The van der Waals surface area contributed by atoms with E-state index in [1.165, 1.54) is 12.8 Å². The number of carbonyl (C=O) groups excluding carboxylic acids is 1. The lowest BCUT2D eigenvalue weighted by atomic mass is 10.0. The number of nitrogens with zero attached hydrogens (tertiary/aromatic N) is 1. The fourth-order valence-corrected chi connectivity index (χ4v) is 4.95. The minimum atomic E-state index is -0.117. The standard InChI is InChI=1S/C27H28N2O2/c1-29-23-14-15-24(29)18-26(17-23)31-25-9-5-8-22(16-25)28-27(30)21-12-10-20(11-13-21)19-6-3-2-4-7-19/h2-13,16,23-24,26H,14-15,17-18H2,1H3,(H,28,30)/t23-,24+,26+. The number of amides is 1. The molecule has 4 heteroatoms. The van der Waals surface area contributed by atoms with Crippen LogP contribution in [0, 0.1) is 0 Å². The third-order valence-corrected chi connectivity index (χ3v) is 6.70. The molecular weight excluding hydrogens is 384 g/mol. The lowest BCUT2D eigenvalue weighted by Crippen LogP contribution is -2.43. The van der Waals surface area contributed by atoms with E-state index in [1.807, 2.05) is 66.7 Å². The van der Waals surface area contributed by atoms with Crippen LogP contribution in [0.5, 0.6) is 5.75 Å². The van der Waals surface area contributed by atoms with E-state index in [1.54, 1.807) is 0 Å². The topological polar surface area (TPSA) is 41.6 Å². The molecule has 3 aromatic rings. The number of benzene rings is 3. The molecule has 2 aliphatic heterocycles. The van der Waals surface area contributed by atoms with Gasteiger partial charge in [-0.3, -0.25) is 4.79 Å². The van der Waals surface area contributed by atoms with Crippen molar-refractivity contribution in [1.82, 2.24) is 4.90 Å². The first-order chi connectivity index (χ1) is 15.2. The van der Waals surface area contributed by atoms with Gasteiger partial charge in [-0.2, -0.15) is 0 Å². The molecule has 2 bridgehead atoms. The highest BCUT2D eigenvalue weighted by Gasteiger charge is 2.39. The Balaban J connectivity index is 1.23. The quantitative estimate of drug-likeness (QED) is 0.592. The third-order valence-electron chi connectivity index (χ3n) is 6.70. The van der Waals surface area contributed by atoms with E-state index in [0.717, 1.165) is 35.4 Å². The van der Waals surface area contributed by atoms with E-state index in [9.17, 15) is 4.79 Å². The van der Waals surface area contributed by atoms with Crippen molar-refractivity contribution in [3.05, 3.63) is 84.4 Å². The Morgan fingerprint density at radius 3 is 2.26 bits per heavy atom. The maximum Gasteiger partial charge on any atom is 0.255 e. The summed E-state index contributed by atoms with van der Waals surface area (Å²) in [4.78, 5) is 15.2. The fraction of sp³-hybridized carbons (Fsp3) is 0.296. The average molecular weight is 413 g/mol. The molecule has 5 rings (SSSR count). The summed E-state index contributed by atoms with van der Waals surface area (Å²) in [5.74, 6) is 0.709. The number of hydrogen-bond donors (Lipinski definition) is 1. The molecular formula is C27H28N2O2. The van der Waals surface area contributed by atoms with Crippen LogP contribution in [0.4, 0.5) is 5.69 Å². The second kappa shape index (κ2) is 8.56. The van der Waals surface area contributed by atoms with Gasteiger partial charge in [0.25, 0.3) is 5.91 Å². The molecule has 0 saturated carbocycles. The zero-order valence-electron chi connectivity index (χ0n) is 17.8. The Hall–Kier alpha value is -3.11. The second-order valence-corrected chi connectivity index (χ2v) is 8.69. The summed E-state index contributed by atoms with van der Waals surface area (Å²) in [5.41, 5.74) is 3.63. The van der Waals surface area contributed by atoms with Gasteiger partial charge in [-0.25, -0.2) is 0 Å². The molecule has 1 N–H and O–H groups in total. The van der Waals surface area contributed by atoms with E-state index in [4.69, 9.17) is 4.74 Å². The van der Waals surface area contributed by atoms with Crippen LogP contribution in [0.3, 0.4) is 0 Å². The largest absolute Gasteiger partial charge is 0.490 e. The van der Waals surface area contributed by atoms with Gasteiger partial charge in [-0.05, 0) is 68.1 Å². The summed E-state index contributed by atoms with van der Waals surface area (Å²) in [6, 6.07) is 26.9. The SMILES string of the molecule is CN1[C@@H]2CC[C@H]1C[C@@H](Oc1cccc(NC(=O)c3ccc(-c4ccccc4)cc3)c1)C2. The summed E-state index contributed by atoms with van der Waals surface area (Å²) in [6.45, 7) is 0. The maximum absolute atomic E-state index is 12.7. The van der Waals surface area contributed by atoms with Crippen molar-refractivity contribution in [3.63, 3.8) is 0 Å². The molecule has 2 aliphatic rings. The summed E-state index contributed by atoms with van der Waals surface area (Å²) in [5, 5.41) is 3.00. The molecule has 0 radical (unpaired) electrons. The number of carbonyl (C=O) groups is 1. The van der Waals surface area contributed by atoms with Gasteiger partial charge in [0.15, 0.2) is 0 Å². The van der Waals surface area contributed by atoms with E-state index < -0.39 is 0 Å². The van der Waals surface area contributed by atoms with Crippen molar-refractivity contribution in [2.24, 2.45) is 0 Å². The van der Waals surface area contributed by atoms with E-state index in [-0.39, 0.29) is 12.0 Å². The molecule has 0 spiro atoms. The summed E-state index contributed by atoms with van der Waals surface area (Å²) in [6.07, 6.45) is 4.97. The molecule has 3 aromatic carbocycles. The van der Waals surface area contributed by atoms with Crippen LogP contribution in [0.1, 0.15) is 36.0 Å². The van der Waals surface area contributed by atoms with Gasteiger partial charge in [-0.15, -0.1) is 0 Å². The summed E-state index contributed by atoms with van der Waals surface area (Å²) in [7, 11) is 2.24. The predicted molar refractivity (Wildman–Crippen MR) is 124 cm³/mol. The van der Waals surface area contributed by atoms with Crippen LogP contribution in [0.25, 0.3) is 11.1 Å². The Bertz CT molecular complexity index is 1030. The van der Waals surface area contributed by atoms with Crippen LogP contribution in [0.15, 0.2) is 78.9 Å². The van der Waals surface area contributed by atoms with Crippen LogP contribution < -0.4 is 10.1 Å². The highest BCUT2D eigenvalue weighted by Crippen LogP contribution is 2.36. The smallest absolute Gasteiger partial charge is 0.255 e. The van der Waals surface area contributed by atoms with Crippen molar-refractivity contribution in [2.45, 2.75) is 43.9 Å². The predicted octanol–water partition coefficient (Wildman–Crippen LogP) is 5.61. The van der Waals surface area contributed by atoms with E-state index in [0.29, 0.717) is 17.6 Å². The number of nitrogens with one attached hydrogen (secondary N) is 1. The molecule has 4 nitrogen and oxygen atoms in total. The Kier molecular flexibility index (Phi) is 5.47. The van der Waals surface area contributed by atoms with Gasteiger partial charge in [0.2, 0.25) is 0 Å². The highest BCUT2D eigenvalue weighted by atomic mass is 16.5. The molecule has 0 unspecified atom stereocenters. The van der Waals surface area contributed by atoms with Gasteiger partial charge < -0.3 is 15.0 Å². The number of anilines is 1. The Morgan fingerprint density at radius 2 is 1.55 bits per heavy atom. The first kappa shape index (κ1) is 19.8. The Labute approximate surface area is 183 Å². The van der Waals surface area contributed by atoms with Gasteiger partial charge in [-0.1, -0.05) is 48.5 Å². The monoisotopic (exact) mass is 412 g/mol. The zero-order valence-corrected chi connectivity index (χ0v) is 17.8. The number of rotatable bonds is 5. The molecule has 2 heterocycles. The molecule has 3 atom stereocenters. The zero-order chi connectivity index (χ0) is 21.2. The van der Waals surface area contributed by atoms with Crippen molar-refractivity contribution in [2.75, 3.05) is 12.4 Å². The molecule has 158 valence electrons. The normalized spacial score (nSPS) is 22.8. The van der Waals surface area contributed by atoms with Crippen LogP contribution in [-0.4, -0.2) is 36.0 Å². The minimum Gasteiger partial charge on any atom is -0.490 e. The molecule has 1 amide bonds. The molecule has 0 aliphatic carbocycles. The lowest BCUT2D eigenvalue weighted by molar-refractivity contribution is 0.0662. The Morgan fingerprint density at radius 1 is 0.871 bits per heavy atom. The number of hydrogen-bond acceptors (Lipinski definition) is 3. The fourth-order valence-electron chi connectivity index (χ4n) is 4.95. The van der Waals surface area contributed by atoms with Crippen molar-refractivity contribution in [1.29, 1.82) is 0 Å². The second-order valence-electron chi connectivity index (χ2n) is 8.69. The number of fused-ring (bicyclic) bond motifs is 2. The summed E-state index contributed by atoms with van der Waals surface area (Å²) >= 11 is 0. The van der Waals surface area contributed by atoms with Crippen LogP contribution in [-0.2, 0) is 0 Å². The van der Waals surface area contributed by atoms with Gasteiger partial charge in [0, 0.05) is 29.4 Å². The lowest BCUT2D eigenvalue weighted by Gasteiger charge is -2.36. The average Bonchev–Trinajstić information content (AvgIpc) is 3.00. The van der Waals surface area contributed by atoms with Crippen molar-refractivity contribution in [3.8, 4) is 16.9 Å². The maximum atomic E-state index is 12.7.